The third-order valence-corrected chi connectivity index (χ3v) is 1.60. The van der Waals surface area contributed by atoms with Gasteiger partial charge < -0.3 is 20.3 Å². The van der Waals surface area contributed by atoms with Gasteiger partial charge in [-0.2, -0.15) is 0 Å². The molecule has 0 aromatic heterocycles. The highest BCUT2D eigenvalue weighted by atomic mass is 16.5. The van der Waals surface area contributed by atoms with Gasteiger partial charge in [-0.1, -0.05) is 0 Å². The van der Waals surface area contributed by atoms with E-state index in [1.165, 1.54) is 0 Å². The van der Waals surface area contributed by atoms with Crippen molar-refractivity contribution >= 4 is 0 Å². The summed E-state index contributed by atoms with van der Waals surface area (Å²) in [5.41, 5.74) is -0.202. The van der Waals surface area contributed by atoms with E-state index in [1.54, 1.807) is 0 Å². The Hall–Kier alpha value is -0.160. The van der Waals surface area contributed by atoms with E-state index in [0.717, 1.165) is 6.54 Å². The summed E-state index contributed by atoms with van der Waals surface area (Å²) in [6, 6.07) is 0. The molecule has 0 rings (SSSR count). The Morgan fingerprint density at radius 1 is 1.36 bits per heavy atom. The first-order valence-electron chi connectivity index (χ1n) is 5.09. The van der Waals surface area contributed by atoms with Gasteiger partial charge in [-0.15, -0.1) is 0 Å². The molecule has 0 bridgehead atoms. The van der Waals surface area contributed by atoms with E-state index in [1.807, 2.05) is 20.8 Å². The van der Waals surface area contributed by atoms with Gasteiger partial charge in [0, 0.05) is 13.2 Å². The lowest BCUT2D eigenvalue weighted by Crippen LogP contribution is -2.34. The molecule has 0 aromatic carbocycles. The predicted molar refractivity (Wildman–Crippen MR) is 56.3 cm³/mol. The molecule has 0 aliphatic rings. The molecule has 3 N–H and O–H groups in total. The molecule has 0 radical (unpaired) electrons. The van der Waals surface area contributed by atoms with Crippen LogP contribution in [0.2, 0.25) is 0 Å². The number of nitrogens with one attached hydrogen (secondary N) is 1. The first-order valence-corrected chi connectivity index (χ1v) is 5.09. The van der Waals surface area contributed by atoms with E-state index in [4.69, 9.17) is 9.84 Å². The number of ether oxygens (including phenoxy) is 1. The highest BCUT2D eigenvalue weighted by molar-refractivity contribution is 4.63. The zero-order chi connectivity index (χ0) is 11.0. The maximum Gasteiger partial charge on any atom is 0.0897 e. The van der Waals surface area contributed by atoms with Crippen molar-refractivity contribution in [3.05, 3.63) is 0 Å². The Morgan fingerprint density at radius 3 is 2.50 bits per heavy atom. The molecular formula is C10H23NO3. The third-order valence-electron chi connectivity index (χ3n) is 1.60. The fourth-order valence-electron chi connectivity index (χ4n) is 0.878. The third kappa shape index (κ3) is 9.92. The normalized spacial score (nSPS) is 14.4. The van der Waals surface area contributed by atoms with Crippen LogP contribution in [-0.2, 0) is 4.74 Å². The fourth-order valence-corrected chi connectivity index (χ4v) is 0.878. The van der Waals surface area contributed by atoms with Gasteiger partial charge >= 0.3 is 0 Å². The Kier molecular flexibility index (Phi) is 7.09. The predicted octanol–water partition coefficient (Wildman–Crippen LogP) is 0.134. The largest absolute Gasteiger partial charge is 0.396 e. The molecule has 4 heteroatoms. The second-order valence-corrected chi connectivity index (χ2v) is 4.36. The summed E-state index contributed by atoms with van der Waals surface area (Å²) in [7, 11) is 0. The average molecular weight is 205 g/mol. The summed E-state index contributed by atoms with van der Waals surface area (Å²) in [4.78, 5) is 0. The fraction of sp³-hybridized carbons (Fsp3) is 1.00. The van der Waals surface area contributed by atoms with E-state index < -0.39 is 6.10 Å². The van der Waals surface area contributed by atoms with Crippen LogP contribution < -0.4 is 5.32 Å². The molecule has 1 unspecified atom stereocenters. The Labute approximate surface area is 86.3 Å². The van der Waals surface area contributed by atoms with Crippen LogP contribution >= 0.6 is 0 Å². The van der Waals surface area contributed by atoms with E-state index >= 15 is 0 Å². The molecular weight excluding hydrogens is 182 g/mol. The van der Waals surface area contributed by atoms with Gasteiger partial charge in [-0.3, -0.25) is 0 Å². The van der Waals surface area contributed by atoms with Crippen LogP contribution in [-0.4, -0.2) is 48.2 Å². The van der Waals surface area contributed by atoms with Gasteiger partial charge in [0.05, 0.1) is 18.3 Å². The molecule has 1 atom stereocenters. The van der Waals surface area contributed by atoms with Gasteiger partial charge in [-0.05, 0) is 33.7 Å². The van der Waals surface area contributed by atoms with Crippen molar-refractivity contribution in [1.29, 1.82) is 0 Å². The molecule has 0 fully saturated rings. The van der Waals surface area contributed by atoms with E-state index in [-0.39, 0.29) is 12.2 Å². The molecule has 0 saturated heterocycles. The first kappa shape index (κ1) is 13.8. The summed E-state index contributed by atoms with van der Waals surface area (Å²) in [6.07, 6.45) is 0.236. The highest BCUT2D eigenvalue weighted by Crippen LogP contribution is 2.06. The van der Waals surface area contributed by atoms with E-state index in [0.29, 0.717) is 19.6 Å². The van der Waals surface area contributed by atoms with Gasteiger partial charge in [0.15, 0.2) is 0 Å². The lowest BCUT2D eigenvalue weighted by molar-refractivity contribution is -0.0478. The minimum atomic E-state index is -0.479. The van der Waals surface area contributed by atoms with Gasteiger partial charge in [0.25, 0.3) is 0 Å². The lowest BCUT2D eigenvalue weighted by atomic mass is 10.2. The number of rotatable bonds is 7. The van der Waals surface area contributed by atoms with Crippen LogP contribution in [0.1, 0.15) is 27.2 Å². The summed E-state index contributed by atoms with van der Waals surface area (Å²) in [5, 5.41) is 21.0. The number of aliphatic hydroxyl groups is 2. The van der Waals surface area contributed by atoms with Crippen LogP contribution in [0.5, 0.6) is 0 Å². The first-order chi connectivity index (χ1) is 6.45. The van der Waals surface area contributed by atoms with Gasteiger partial charge in [-0.25, -0.2) is 0 Å². The molecule has 14 heavy (non-hydrogen) atoms. The van der Waals surface area contributed by atoms with Gasteiger partial charge in [0.2, 0.25) is 0 Å². The number of hydrogen-bond donors (Lipinski definition) is 3. The Balaban J connectivity index is 3.32. The second-order valence-electron chi connectivity index (χ2n) is 4.36. The summed E-state index contributed by atoms with van der Waals surface area (Å²) in [5.74, 6) is 0. The molecule has 0 spiro atoms. The topological polar surface area (TPSA) is 61.7 Å². The van der Waals surface area contributed by atoms with Crippen LogP contribution in [0.25, 0.3) is 0 Å². The van der Waals surface area contributed by atoms with Crippen molar-refractivity contribution in [2.45, 2.75) is 38.9 Å². The number of hydrogen-bond acceptors (Lipinski definition) is 4. The standard InChI is InChI=1S/C10H23NO3/c1-10(2,3)14-8-9(13)7-11-5-4-6-12/h9,11-13H,4-8H2,1-3H3. The minimum Gasteiger partial charge on any atom is -0.396 e. The van der Waals surface area contributed by atoms with Crippen molar-refractivity contribution in [3.8, 4) is 0 Å². The molecule has 0 aliphatic heterocycles. The van der Waals surface area contributed by atoms with Crippen molar-refractivity contribution < 1.29 is 14.9 Å². The minimum absolute atomic E-state index is 0.182. The monoisotopic (exact) mass is 205 g/mol. The van der Waals surface area contributed by atoms with E-state index in [9.17, 15) is 5.11 Å². The van der Waals surface area contributed by atoms with Crippen LogP contribution in [0.15, 0.2) is 0 Å². The van der Waals surface area contributed by atoms with Crippen molar-refractivity contribution in [2.24, 2.45) is 0 Å². The quantitative estimate of drug-likeness (QED) is 0.517. The lowest BCUT2D eigenvalue weighted by Gasteiger charge is -2.22. The maximum absolute atomic E-state index is 9.46. The smallest absolute Gasteiger partial charge is 0.0897 e. The molecule has 0 aliphatic carbocycles. The Bertz CT molecular complexity index is 134. The maximum atomic E-state index is 9.46. The molecule has 0 aromatic rings. The van der Waals surface area contributed by atoms with Crippen molar-refractivity contribution in [1.82, 2.24) is 5.32 Å². The van der Waals surface area contributed by atoms with Crippen molar-refractivity contribution in [3.63, 3.8) is 0 Å². The number of aliphatic hydroxyl groups excluding tert-OH is 2. The van der Waals surface area contributed by atoms with E-state index in [2.05, 4.69) is 5.32 Å². The van der Waals surface area contributed by atoms with Crippen LogP contribution in [0, 0.1) is 0 Å². The van der Waals surface area contributed by atoms with Gasteiger partial charge in [0.1, 0.15) is 0 Å². The zero-order valence-electron chi connectivity index (χ0n) is 9.42. The highest BCUT2D eigenvalue weighted by Gasteiger charge is 2.12. The summed E-state index contributed by atoms with van der Waals surface area (Å²) >= 11 is 0. The SMILES string of the molecule is CC(C)(C)OCC(O)CNCCCO. The average Bonchev–Trinajstić information content (AvgIpc) is 2.08. The summed E-state index contributed by atoms with van der Waals surface area (Å²) in [6.45, 7) is 7.63. The molecule has 0 saturated carbocycles. The molecule has 86 valence electrons. The molecule has 4 nitrogen and oxygen atoms in total. The van der Waals surface area contributed by atoms with Crippen LogP contribution in [0.3, 0.4) is 0 Å². The molecule has 0 amide bonds. The molecule has 0 heterocycles. The zero-order valence-corrected chi connectivity index (χ0v) is 9.42. The summed E-state index contributed by atoms with van der Waals surface area (Å²) < 4.78 is 5.41. The van der Waals surface area contributed by atoms with Crippen molar-refractivity contribution in [2.75, 3.05) is 26.3 Å². The van der Waals surface area contributed by atoms with Crippen LogP contribution in [0.4, 0.5) is 0 Å². The second kappa shape index (κ2) is 7.17. The Morgan fingerprint density at radius 2 is 2.00 bits per heavy atom.